The van der Waals surface area contributed by atoms with Crippen LogP contribution in [-0.4, -0.2) is 24.9 Å². The van der Waals surface area contributed by atoms with Crippen LogP contribution in [0.5, 0.6) is 11.5 Å². The molecule has 25 heavy (non-hydrogen) atoms. The lowest BCUT2D eigenvalue weighted by Gasteiger charge is -2.12. The third kappa shape index (κ3) is 2.82. The summed E-state index contributed by atoms with van der Waals surface area (Å²) in [6.07, 6.45) is 0. The van der Waals surface area contributed by atoms with Crippen molar-refractivity contribution in [3.63, 3.8) is 0 Å². The number of nitrogens with zero attached hydrogens (tertiary/aromatic N) is 1. The van der Waals surface area contributed by atoms with Gasteiger partial charge in [-0.25, -0.2) is 9.78 Å². The first kappa shape index (κ1) is 15.3. The summed E-state index contributed by atoms with van der Waals surface area (Å²) in [5.74, 6) is 0.931. The molecule has 0 fully saturated rings. The molecular formula is C19H16N2O4. The molecule has 0 spiro atoms. The number of fused-ring (bicyclic) bond motifs is 2. The summed E-state index contributed by atoms with van der Waals surface area (Å²) in [5.41, 5.74) is 3.68. The van der Waals surface area contributed by atoms with Crippen molar-refractivity contribution in [3.8, 4) is 11.5 Å². The third-order valence-electron chi connectivity index (χ3n) is 4.01. The van der Waals surface area contributed by atoms with Crippen LogP contribution >= 0.6 is 0 Å². The van der Waals surface area contributed by atoms with Crippen molar-refractivity contribution < 1.29 is 19.0 Å². The first-order valence-corrected chi connectivity index (χ1v) is 7.80. The highest BCUT2D eigenvalue weighted by Crippen LogP contribution is 2.36. The van der Waals surface area contributed by atoms with Crippen LogP contribution in [0.1, 0.15) is 16.1 Å². The lowest BCUT2D eigenvalue weighted by atomic mass is 10.1. The van der Waals surface area contributed by atoms with Gasteiger partial charge in [0.2, 0.25) is 6.79 Å². The highest BCUT2D eigenvalue weighted by atomic mass is 16.7. The Morgan fingerprint density at radius 1 is 1.12 bits per heavy atom. The van der Waals surface area contributed by atoms with Gasteiger partial charge in [-0.2, -0.15) is 0 Å². The van der Waals surface area contributed by atoms with Gasteiger partial charge in [-0.3, -0.25) is 0 Å². The van der Waals surface area contributed by atoms with Gasteiger partial charge in [0.25, 0.3) is 0 Å². The van der Waals surface area contributed by atoms with Crippen LogP contribution in [0.25, 0.3) is 10.9 Å². The Balaban J connectivity index is 1.81. The third-order valence-corrected chi connectivity index (χ3v) is 4.01. The Morgan fingerprint density at radius 2 is 1.96 bits per heavy atom. The minimum Gasteiger partial charge on any atom is -0.464 e. The predicted octanol–water partition coefficient (Wildman–Crippen LogP) is 3.80. The average Bonchev–Trinajstić information content (AvgIpc) is 3.09. The van der Waals surface area contributed by atoms with Crippen LogP contribution in [-0.2, 0) is 4.74 Å². The van der Waals surface area contributed by atoms with Gasteiger partial charge < -0.3 is 19.5 Å². The number of esters is 1. The smallest absolute Gasteiger partial charge is 0.356 e. The molecule has 0 amide bonds. The second-order valence-corrected chi connectivity index (χ2v) is 5.76. The Labute approximate surface area is 144 Å². The van der Waals surface area contributed by atoms with Gasteiger partial charge >= 0.3 is 5.97 Å². The molecule has 0 bridgehead atoms. The molecule has 4 rings (SSSR count). The molecule has 2 heterocycles. The van der Waals surface area contributed by atoms with Crippen molar-refractivity contribution in [1.82, 2.24) is 4.98 Å². The molecule has 0 radical (unpaired) electrons. The summed E-state index contributed by atoms with van der Waals surface area (Å²) in [6, 6.07) is 13.2. The van der Waals surface area contributed by atoms with Crippen LogP contribution in [0.2, 0.25) is 0 Å². The zero-order chi connectivity index (χ0) is 17.4. The summed E-state index contributed by atoms with van der Waals surface area (Å²) in [7, 11) is 1.34. The number of ether oxygens (including phenoxy) is 3. The molecule has 1 aromatic heterocycles. The van der Waals surface area contributed by atoms with E-state index in [9.17, 15) is 4.79 Å². The van der Waals surface area contributed by atoms with E-state index in [2.05, 4.69) is 10.3 Å². The SMILES string of the molecule is COC(=O)c1cc(Nc2ccc3c(c2)OCO3)c2cc(C)ccc2n1. The fraction of sp³-hybridized carbons (Fsp3) is 0.158. The Morgan fingerprint density at radius 3 is 2.80 bits per heavy atom. The molecule has 2 aromatic carbocycles. The van der Waals surface area contributed by atoms with E-state index < -0.39 is 5.97 Å². The number of nitrogens with one attached hydrogen (secondary N) is 1. The number of pyridine rings is 1. The lowest BCUT2D eigenvalue weighted by Crippen LogP contribution is -2.06. The molecule has 1 aliphatic rings. The van der Waals surface area contributed by atoms with Gasteiger partial charge in [0.15, 0.2) is 17.2 Å². The number of hydrogen-bond acceptors (Lipinski definition) is 6. The maximum atomic E-state index is 11.9. The van der Waals surface area contributed by atoms with Crippen molar-refractivity contribution in [2.75, 3.05) is 19.2 Å². The molecule has 0 unspecified atom stereocenters. The topological polar surface area (TPSA) is 69.7 Å². The van der Waals surface area contributed by atoms with E-state index in [-0.39, 0.29) is 12.5 Å². The van der Waals surface area contributed by atoms with Crippen LogP contribution < -0.4 is 14.8 Å². The van der Waals surface area contributed by atoms with Crippen LogP contribution in [0.15, 0.2) is 42.5 Å². The Bertz CT molecular complexity index is 985. The standard InChI is InChI=1S/C19H16N2O4/c1-11-3-5-14-13(7-11)15(9-16(21-14)19(22)23-2)20-12-4-6-17-18(8-12)25-10-24-17/h3-9H,10H2,1-2H3,(H,20,21). The Kier molecular flexibility index (Phi) is 3.65. The summed E-state index contributed by atoms with van der Waals surface area (Å²) < 4.78 is 15.6. The number of benzene rings is 2. The number of aryl methyl sites for hydroxylation is 1. The number of anilines is 2. The highest BCUT2D eigenvalue weighted by molar-refractivity contribution is 5.99. The number of hydrogen-bond donors (Lipinski definition) is 1. The number of carbonyl (C=O) groups is 1. The summed E-state index contributed by atoms with van der Waals surface area (Å²) in [4.78, 5) is 16.3. The molecule has 126 valence electrons. The van der Waals surface area contributed by atoms with Gasteiger partial charge in [0, 0.05) is 17.1 Å². The maximum Gasteiger partial charge on any atom is 0.356 e. The van der Waals surface area contributed by atoms with Crippen LogP contribution in [0, 0.1) is 6.92 Å². The number of aromatic nitrogens is 1. The molecule has 0 saturated heterocycles. The van der Waals surface area contributed by atoms with E-state index in [4.69, 9.17) is 14.2 Å². The van der Waals surface area contributed by atoms with E-state index in [1.54, 1.807) is 6.07 Å². The summed E-state index contributed by atoms with van der Waals surface area (Å²) in [6.45, 7) is 2.24. The zero-order valence-electron chi connectivity index (χ0n) is 13.8. The van der Waals surface area contributed by atoms with Gasteiger partial charge in [-0.1, -0.05) is 11.6 Å². The molecular weight excluding hydrogens is 320 g/mol. The van der Waals surface area contributed by atoms with Crippen LogP contribution in [0.4, 0.5) is 11.4 Å². The number of rotatable bonds is 3. The van der Waals surface area contributed by atoms with Crippen molar-refractivity contribution in [2.45, 2.75) is 6.92 Å². The minimum absolute atomic E-state index is 0.225. The number of methoxy groups -OCH3 is 1. The minimum atomic E-state index is -0.476. The summed E-state index contributed by atoms with van der Waals surface area (Å²) >= 11 is 0. The normalized spacial score (nSPS) is 12.2. The van der Waals surface area contributed by atoms with Crippen molar-refractivity contribution in [1.29, 1.82) is 0 Å². The second kappa shape index (κ2) is 5.98. The van der Waals surface area contributed by atoms with Crippen molar-refractivity contribution >= 4 is 28.2 Å². The fourth-order valence-electron chi connectivity index (χ4n) is 2.78. The average molecular weight is 336 g/mol. The van der Waals surface area contributed by atoms with Gasteiger partial charge in [0.1, 0.15) is 0 Å². The molecule has 0 saturated carbocycles. The quantitative estimate of drug-likeness (QED) is 0.734. The Hall–Kier alpha value is -3.28. The first-order chi connectivity index (χ1) is 12.1. The second-order valence-electron chi connectivity index (χ2n) is 5.76. The van der Waals surface area contributed by atoms with Gasteiger partial charge in [-0.05, 0) is 37.3 Å². The van der Waals surface area contributed by atoms with E-state index >= 15 is 0 Å². The first-order valence-electron chi connectivity index (χ1n) is 7.80. The predicted molar refractivity (Wildman–Crippen MR) is 93.7 cm³/mol. The highest BCUT2D eigenvalue weighted by Gasteiger charge is 2.16. The molecule has 6 heteroatoms. The molecule has 0 aliphatic carbocycles. The van der Waals surface area contributed by atoms with E-state index in [0.29, 0.717) is 5.75 Å². The van der Waals surface area contributed by atoms with E-state index in [0.717, 1.165) is 33.6 Å². The lowest BCUT2D eigenvalue weighted by molar-refractivity contribution is 0.0594. The zero-order valence-corrected chi connectivity index (χ0v) is 13.8. The number of carbonyl (C=O) groups excluding carboxylic acids is 1. The van der Waals surface area contributed by atoms with E-state index in [1.807, 2.05) is 43.3 Å². The molecule has 6 nitrogen and oxygen atoms in total. The molecule has 1 N–H and O–H groups in total. The molecule has 1 aliphatic heterocycles. The monoisotopic (exact) mass is 336 g/mol. The largest absolute Gasteiger partial charge is 0.464 e. The van der Waals surface area contributed by atoms with Crippen molar-refractivity contribution in [3.05, 3.63) is 53.7 Å². The van der Waals surface area contributed by atoms with Gasteiger partial charge in [-0.15, -0.1) is 0 Å². The fourth-order valence-corrected chi connectivity index (χ4v) is 2.78. The summed E-state index contributed by atoms with van der Waals surface area (Å²) in [5, 5.41) is 4.26. The van der Waals surface area contributed by atoms with Gasteiger partial charge in [0.05, 0.1) is 18.3 Å². The van der Waals surface area contributed by atoms with Crippen LogP contribution in [0.3, 0.4) is 0 Å². The molecule has 0 atom stereocenters. The molecule has 3 aromatic rings. The maximum absolute atomic E-state index is 11.9. The van der Waals surface area contributed by atoms with Crippen molar-refractivity contribution in [2.24, 2.45) is 0 Å². The van der Waals surface area contributed by atoms with E-state index in [1.165, 1.54) is 7.11 Å².